The molecule has 3 N–H and O–H groups in total. The van der Waals surface area contributed by atoms with Gasteiger partial charge in [0.25, 0.3) is 0 Å². The van der Waals surface area contributed by atoms with Gasteiger partial charge in [0.2, 0.25) is 0 Å². The van der Waals surface area contributed by atoms with E-state index in [4.69, 9.17) is 9.63 Å². The highest BCUT2D eigenvalue weighted by molar-refractivity contribution is 5.83. The lowest BCUT2D eigenvalue weighted by atomic mass is 10.1. The summed E-state index contributed by atoms with van der Waals surface area (Å²) >= 11 is 0. The molecule has 1 aromatic carbocycles. The number of benzene rings is 1. The van der Waals surface area contributed by atoms with E-state index in [9.17, 15) is 9.59 Å². The van der Waals surface area contributed by atoms with Crippen molar-refractivity contribution in [1.29, 1.82) is 0 Å². The zero-order valence-corrected chi connectivity index (χ0v) is 10.4. The summed E-state index contributed by atoms with van der Waals surface area (Å²) < 4.78 is 4.81. The minimum Gasteiger partial charge on any atom is -0.479 e. The van der Waals surface area contributed by atoms with Crippen LogP contribution in [0.1, 0.15) is 17.4 Å². The van der Waals surface area contributed by atoms with Crippen molar-refractivity contribution in [2.75, 3.05) is 0 Å². The predicted octanol–water partition coefficient (Wildman–Crippen LogP) is 1.30. The first-order valence-electron chi connectivity index (χ1n) is 5.88. The zero-order valence-electron chi connectivity index (χ0n) is 10.4. The number of carbonyl (C=O) groups excluding carboxylic acids is 1. The summed E-state index contributed by atoms with van der Waals surface area (Å²) in [6.07, 6.45) is 1.46. The predicted molar refractivity (Wildman–Crippen MR) is 68.7 cm³/mol. The van der Waals surface area contributed by atoms with Gasteiger partial charge in [-0.15, -0.1) is 0 Å². The number of urea groups is 1. The van der Waals surface area contributed by atoms with Crippen LogP contribution >= 0.6 is 0 Å². The zero-order chi connectivity index (χ0) is 14.4. The summed E-state index contributed by atoms with van der Waals surface area (Å²) in [5.41, 5.74) is 0.495. The molecular formula is C13H13N3O4. The fourth-order valence-corrected chi connectivity index (χ4v) is 1.62. The molecule has 1 aromatic heterocycles. The lowest BCUT2D eigenvalue weighted by Gasteiger charge is -2.15. The van der Waals surface area contributed by atoms with Crippen molar-refractivity contribution in [3.63, 3.8) is 0 Å². The van der Waals surface area contributed by atoms with Crippen LogP contribution in [0.3, 0.4) is 0 Å². The Labute approximate surface area is 114 Å². The number of nitrogens with one attached hydrogen (secondary N) is 2. The Morgan fingerprint density at radius 3 is 2.60 bits per heavy atom. The molecule has 0 aliphatic carbocycles. The average molecular weight is 275 g/mol. The Bertz CT molecular complexity index is 569. The molecule has 104 valence electrons. The van der Waals surface area contributed by atoms with E-state index >= 15 is 0 Å². The number of hydrogen-bond donors (Lipinski definition) is 3. The van der Waals surface area contributed by atoms with E-state index in [1.54, 1.807) is 36.4 Å². The third-order valence-electron chi connectivity index (χ3n) is 2.57. The number of nitrogens with zero attached hydrogens (tertiary/aromatic N) is 1. The van der Waals surface area contributed by atoms with Crippen LogP contribution in [0.5, 0.6) is 0 Å². The first-order valence-corrected chi connectivity index (χ1v) is 5.88. The van der Waals surface area contributed by atoms with Crippen LogP contribution in [0.15, 0.2) is 47.1 Å². The second-order valence-electron chi connectivity index (χ2n) is 3.99. The summed E-state index contributed by atoms with van der Waals surface area (Å²) in [6.45, 7) is 0.132. The third-order valence-corrected chi connectivity index (χ3v) is 2.57. The topological polar surface area (TPSA) is 104 Å². The second kappa shape index (κ2) is 6.37. The maximum absolute atomic E-state index is 11.7. The van der Waals surface area contributed by atoms with Gasteiger partial charge < -0.3 is 20.3 Å². The van der Waals surface area contributed by atoms with Crippen molar-refractivity contribution < 1.29 is 19.2 Å². The number of amides is 2. The quantitative estimate of drug-likeness (QED) is 0.763. The number of hydrogen-bond acceptors (Lipinski definition) is 4. The molecule has 2 aromatic rings. The molecule has 0 unspecified atom stereocenters. The third kappa shape index (κ3) is 3.58. The Morgan fingerprint density at radius 1 is 1.25 bits per heavy atom. The van der Waals surface area contributed by atoms with Crippen LogP contribution in [-0.2, 0) is 11.3 Å². The highest BCUT2D eigenvalue weighted by Gasteiger charge is 2.21. The molecule has 0 radical (unpaired) electrons. The Kier molecular flexibility index (Phi) is 4.33. The molecule has 0 saturated heterocycles. The molecule has 0 aliphatic rings. The molecule has 0 bridgehead atoms. The summed E-state index contributed by atoms with van der Waals surface area (Å²) in [7, 11) is 0. The maximum Gasteiger partial charge on any atom is 0.330 e. The number of carboxylic acids is 1. The van der Waals surface area contributed by atoms with Crippen molar-refractivity contribution in [2.24, 2.45) is 0 Å². The van der Waals surface area contributed by atoms with E-state index in [1.165, 1.54) is 6.20 Å². The summed E-state index contributed by atoms with van der Waals surface area (Å²) in [6, 6.07) is 8.35. The van der Waals surface area contributed by atoms with Crippen molar-refractivity contribution in [3.8, 4) is 0 Å². The summed E-state index contributed by atoms with van der Waals surface area (Å²) in [5, 5.41) is 17.5. The molecule has 0 spiro atoms. The van der Waals surface area contributed by atoms with E-state index in [0.717, 1.165) is 0 Å². The fraction of sp³-hybridized carbons (Fsp3) is 0.154. The SMILES string of the molecule is O=C(NCc1ccno1)N[C@@H](C(=O)O)c1ccccc1. The molecule has 1 heterocycles. The normalized spacial score (nSPS) is 11.6. The molecule has 20 heavy (non-hydrogen) atoms. The van der Waals surface area contributed by atoms with Crippen molar-refractivity contribution in [1.82, 2.24) is 15.8 Å². The van der Waals surface area contributed by atoms with Gasteiger partial charge in [0.15, 0.2) is 11.8 Å². The Morgan fingerprint density at radius 2 is 2.00 bits per heavy atom. The van der Waals surface area contributed by atoms with Crippen LogP contribution in [0.4, 0.5) is 4.79 Å². The number of carbonyl (C=O) groups is 2. The second-order valence-corrected chi connectivity index (χ2v) is 3.99. The fourth-order valence-electron chi connectivity index (χ4n) is 1.62. The standard InChI is InChI=1S/C13H13N3O4/c17-12(18)11(9-4-2-1-3-5-9)16-13(19)14-8-10-6-7-15-20-10/h1-7,11H,8H2,(H,17,18)(H2,14,16,19)/t11-/m1/s1. The van der Waals surface area contributed by atoms with Crippen molar-refractivity contribution >= 4 is 12.0 Å². The first kappa shape index (κ1) is 13.6. The Hall–Kier alpha value is -2.83. The van der Waals surface area contributed by atoms with Crippen LogP contribution in [0, 0.1) is 0 Å². The largest absolute Gasteiger partial charge is 0.479 e. The van der Waals surface area contributed by atoms with E-state index in [0.29, 0.717) is 11.3 Å². The van der Waals surface area contributed by atoms with Crippen molar-refractivity contribution in [3.05, 3.63) is 53.9 Å². The minimum atomic E-state index is -1.13. The van der Waals surface area contributed by atoms with Crippen LogP contribution in [0.2, 0.25) is 0 Å². The number of carboxylic acid groups (broad SMARTS) is 1. The van der Waals surface area contributed by atoms with E-state index in [-0.39, 0.29) is 6.54 Å². The van der Waals surface area contributed by atoms with Gasteiger partial charge in [-0.05, 0) is 5.56 Å². The Balaban J connectivity index is 1.95. The number of rotatable bonds is 5. The van der Waals surface area contributed by atoms with Gasteiger partial charge in [0.1, 0.15) is 0 Å². The molecule has 7 nitrogen and oxygen atoms in total. The molecule has 0 saturated carbocycles. The molecular weight excluding hydrogens is 262 g/mol. The van der Waals surface area contributed by atoms with Crippen LogP contribution in [0.25, 0.3) is 0 Å². The van der Waals surface area contributed by atoms with Gasteiger partial charge in [-0.2, -0.15) is 0 Å². The first-order chi connectivity index (χ1) is 9.66. The van der Waals surface area contributed by atoms with Gasteiger partial charge in [-0.3, -0.25) is 0 Å². The number of aromatic nitrogens is 1. The highest BCUT2D eigenvalue weighted by atomic mass is 16.5. The van der Waals surface area contributed by atoms with Gasteiger partial charge in [0, 0.05) is 6.07 Å². The van der Waals surface area contributed by atoms with E-state index in [2.05, 4.69) is 15.8 Å². The average Bonchev–Trinajstić information content (AvgIpc) is 2.96. The lowest BCUT2D eigenvalue weighted by Crippen LogP contribution is -2.40. The van der Waals surface area contributed by atoms with Crippen LogP contribution in [-0.4, -0.2) is 22.3 Å². The number of aliphatic carboxylic acids is 1. The summed E-state index contributed by atoms with van der Waals surface area (Å²) in [5.74, 6) is -0.655. The molecule has 2 amide bonds. The van der Waals surface area contributed by atoms with Gasteiger partial charge in [-0.25, -0.2) is 9.59 Å². The molecule has 7 heteroatoms. The molecule has 0 fully saturated rings. The van der Waals surface area contributed by atoms with E-state index < -0.39 is 18.0 Å². The summed E-state index contributed by atoms with van der Waals surface area (Å²) in [4.78, 5) is 22.9. The van der Waals surface area contributed by atoms with Crippen LogP contribution < -0.4 is 10.6 Å². The molecule has 1 atom stereocenters. The van der Waals surface area contributed by atoms with Crippen molar-refractivity contribution in [2.45, 2.75) is 12.6 Å². The molecule has 0 aliphatic heterocycles. The van der Waals surface area contributed by atoms with Gasteiger partial charge in [0.05, 0.1) is 12.7 Å². The van der Waals surface area contributed by atoms with Gasteiger partial charge in [-0.1, -0.05) is 35.5 Å². The monoisotopic (exact) mass is 275 g/mol. The van der Waals surface area contributed by atoms with Gasteiger partial charge >= 0.3 is 12.0 Å². The lowest BCUT2D eigenvalue weighted by molar-refractivity contribution is -0.139. The minimum absolute atomic E-state index is 0.132. The smallest absolute Gasteiger partial charge is 0.330 e. The maximum atomic E-state index is 11.7. The molecule has 2 rings (SSSR count). The highest BCUT2D eigenvalue weighted by Crippen LogP contribution is 2.12. The van der Waals surface area contributed by atoms with E-state index in [1.807, 2.05) is 0 Å².